The SMILES string of the molecule is CC(C(N)=O)C(NC(=O)c1ccc2ccccc2n1)C(=O)NC(Cc1ccccc1)C(O)CN1CC2CCCCC2CC1C(=O)NC(C)(C)C. The van der Waals surface area contributed by atoms with E-state index in [4.69, 9.17) is 5.73 Å². The summed E-state index contributed by atoms with van der Waals surface area (Å²) in [6, 6.07) is 17.6. The molecule has 7 unspecified atom stereocenters. The Hall–Kier alpha value is -4.35. The monoisotopic (exact) mass is 684 g/mol. The Balaban J connectivity index is 1.38. The van der Waals surface area contributed by atoms with E-state index in [9.17, 15) is 24.3 Å². The third-order valence-corrected chi connectivity index (χ3v) is 10.2. The van der Waals surface area contributed by atoms with Crippen molar-refractivity contribution in [3.05, 3.63) is 78.0 Å². The molecule has 1 saturated carbocycles. The second-order valence-electron chi connectivity index (χ2n) is 15.2. The lowest BCUT2D eigenvalue weighted by Crippen LogP contribution is -2.61. The first-order valence-electron chi connectivity index (χ1n) is 17.8. The van der Waals surface area contributed by atoms with Gasteiger partial charge in [0, 0.05) is 24.0 Å². The van der Waals surface area contributed by atoms with E-state index >= 15 is 0 Å². The maximum Gasteiger partial charge on any atom is 0.270 e. The lowest BCUT2D eigenvalue weighted by Gasteiger charge is -2.47. The summed E-state index contributed by atoms with van der Waals surface area (Å²) in [5.41, 5.74) is 6.84. The van der Waals surface area contributed by atoms with E-state index in [1.54, 1.807) is 18.2 Å². The van der Waals surface area contributed by atoms with Crippen molar-refractivity contribution in [2.24, 2.45) is 23.5 Å². The van der Waals surface area contributed by atoms with Crippen molar-refractivity contribution in [3.8, 4) is 0 Å². The molecular weight excluding hydrogens is 632 g/mol. The average molecular weight is 685 g/mol. The number of amides is 4. The number of aliphatic hydroxyl groups excluding tert-OH is 1. The van der Waals surface area contributed by atoms with Crippen LogP contribution in [0.4, 0.5) is 0 Å². The molecular formula is C39H52N6O5. The molecule has 2 heterocycles. The summed E-state index contributed by atoms with van der Waals surface area (Å²) in [4.78, 5) is 60.0. The fourth-order valence-electron chi connectivity index (χ4n) is 7.41. The fourth-order valence-corrected chi connectivity index (χ4v) is 7.41. The third kappa shape index (κ3) is 9.45. The highest BCUT2D eigenvalue weighted by Gasteiger charge is 2.42. The van der Waals surface area contributed by atoms with Crippen LogP contribution in [0.3, 0.4) is 0 Å². The van der Waals surface area contributed by atoms with Gasteiger partial charge in [-0.3, -0.25) is 24.1 Å². The Kier molecular flexibility index (Phi) is 11.9. The number of hydrogen-bond donors (Lipinski definition) is 5. The molecule has 5 rings (SSSR count). The predicted octanol–water partition coefficient (Wildman–Crippen LogP) is 3.34. The first-order valence-corrected chi connectivity index (χ1v) is 17.8. The first kappa shape index (κ1) is 36.9. The number of pyridine rings is 1. The van der Waals surface area contributed by atoms with Crippen molar-refractivity contribution in [2.45, 2.75) is 96.0 Å². The van der Waals surface area contributed by atoms with Gasteiger partial charge in [0.25, 0.3) is 5.91 Å². The zero-order valence-electron chi connectivity index (χ0n) is 29.6. The number of β-amino-alcohol motifs (C(OH)–C–C–N with tert-alkyl or cyclic N) is 1. The molecule has 2 fully saturated rings. The summed E-state index contributed by atoms with van der Waals surface area (Å²) in [5, 5.41) is 21.6. The van der Waals surface area contributed by atoms with Crippen molar-refractivity contribution in [2.75, 3.05) is 13.1 Å². The van der Waals surface area contributed by atoms with Gasteiger partial charge in [0.05, 0.1) is 29.6 Å². The summed E-state index contributed by atoms with van der Waals surface area (Å²) in [6.07, 6.45) is 4.45. The number of primary amides is 1. The number of likely N-dealkylation sites (tertiary alicyclic amines) is 1. The molecule has 1 aliphatic carbocycles. The summed E-state index contributed by atoms with van der Waals surface area (Å²) in [6.45, 7) is 8.20. The molecule has 2 aromatic carbocycles. The smallest absolute Gasteiger partial charge is 0.270 e. The van der Waals surface area contributed by atoms with Gasteiger partial charge in [-0.1, -0.05) is 80.8 Å². The largest absolute Gasteiger partial charge is 0.390 e. The maximum absolute atomic E-state index is 14.0. The van der Waals surface area contributed by atoms with Crippen LogP contribution in [0.1, 0.15) is 75.9 Å². The average Bonchev–Trinajstić information content (AvgIpc) is 3.08. The highest BCUT2D eigenvalue weighted by atomic mass is 16.3. The molecule has 0 bridgehead atoms. The Labute approximate surface area is 294 Å². The quantitative estimate of drug-likeness (QED) is 0.195. The lowest BCUT2D eigenvalue weighted by atomic mass is 9.72. The molecule has 3 aromatic rings. The van der Waals surface area contributed by atoms with Crippen LogP contribution in [-0.4, -0.2) is 81.5 Å². The van der Waals surface area contributed by atoms with Gasteiger partial charge < -0.3 is 26.8 Å². The normalized spacial score (nSPS) is 22.0. The van der Waals surface area contributed by atoms with Crippen molar-refractivity contribution in [1.29, 1.82) is 0 Å². The van der Waals surface area contributed by atoms with Crippen LogP contribution in [0.25, 0.3) is 10.9 Å². The third-order valence-electron chi connectivity index (χ3n) is 10.2. The summed E-state index contributed by atoms with van der Waals surface area (Å²) in [7, 11) is 0. The van der Waals surface area contributed by atoms with Crippen LogP contribution in [0.5, 0.6) is 0 Å². The van der Waals surface area contributed by atoms with E-state index in [0.717, 1.165) is 36.6 Å². The minimum Gasteiger partial charge on any atom is -0.390 e. The number of rotatable bonds is 12. The van der Waals surface area contributed by atoms with Gasteiger partial charge in [-0.25, -0.2) is 4.98 Å². The molecule has 50 heavy (non-hydrogen) atoms. The molecule has 7 atom stereocenters. The fraction of sp³-hybridized carbons (Fsp3) is 0.513. The van der Waals surface area contributed by atoms with Crippen molar-refractivity contribution < 1.29 is 24.3 Å². The number of nitrogens with two attached hydrogens (primary N) is 1. The van der Waals surface area contributed by atoms with Crippen LogP contribution in [0.2, 0.25) is 0 Å². The molecule has 1 saturated heterocycles. The molecule has 4 amide bonds. The number of carbonyl (C=O) groups is 4. The van der Waals surface area contributed by atoms with Crippen LogP contribution < -0.4 is 21.7 Å². The van der Waals surface area contributed by atoms with Gasteiger partial charge in [-0.15, -0.1) is 0 Å². The second kappa shape index (κ2) is 16.1. The standard InChI is InChI=1S/C39H52N6O5/c1-24(35(40)47)34(43-36(48)30-19-18-26-14-10-11-17-29(26)41-30)38(50)42-31(20-25-12-6-5-7-13-25)33(46)23-45-22-28-16-9-8-15-27(28)21-32(45)37(49)44-39(2,3)4/h5-7,10-14,17-19,24,27-28,31-34,46H,8-9,15-16,20-23H2,1-4H3,(H2,40,47)(H,42,50)(H,43,48)(H,44,49). The van der Waals surface area contributed by atoms with E-state index < -0.39 is 53.4 Å². The van der Waals surface area contributed by atoms with Gasteiger partial charge in [0.15, 0.2) is 0 Å². The van der Waals surface area contributed by atoms with Gasteiger partial charge >= 0.3 is 0 Å². The molecule has 0 radical (unpaired) electrons. The molecule has 1 aliphatic heterocycles. The summed E-state index contributed by atoms with van der Waals surface area (Å²) < 4.78 is 0. The molecule has 1 aromatic heterocycles. The number of carbonyl (C=O) groups excluding carboxylic acids is 4. The van der Waals surface area contributed by atoms with Crippen molar-refractivity contribution in [1.82, 2.24) is 25.8 Å². The van der Waals surface area contributed by atoms with E-state index in [1.165, 1.54) is 13.3 Å². The number of aromatic nitrogens is 1. The predicted molar refractivity (Wildman–Crippen MR) is 193 cm³/mol. The van der Waals surface area contributed by atoms with Crippen LogP contribution in [-0.2, 0) is 20.8 Å². The minimum atomic E-state index is -1.33. The number of benzene rings is 2. The lowest BCUT2D eigenvalue weighted by molar-refractivity contribution is -0.133. The van der Waals surface area contributed by atoms with Crippen LogP contribution >= 0.6 is 0 Å². The Morgan fingerprint density at radius 1 is 0.940 bits per heavy atom. The van der Waals surface area contributed by atoms with Crippen molar-refractivity contribution >= 4 is 34.5 Å². The van der Waals surface area contributed by atoms with Gasteiger partial charge in [0.2, 0.25) is 17.7 Å². The Morgan fingerprint density at radius 2 is 1.62 bits per heavy atom. The van der Waals surface area contributed by atoms with E-state index in [0.29, 0.717) is 23.9 Å². The van der Waals surface area contributed by atoms with E-state index in [2.05, 4.69) is 25.8 Å². The second-order valence-corrected chi connectivity index (χ2v) is 15.2. The molecule has 268 valence electrons. The van der Waals surface area contributed by atoms with Gasteiger partial charge in [0.1, 0.15) is 11.7 Å². The first-order chi connectivity index (χ1) is 23.8. The molecule has 11 nitrogen and oxygen atoms in total. The number of fused-ring (bicyclic) bond motifs is 2. The minimum absolute atomic E-state index is 0.0577. The van der Waals surface area contributed by atoms with Gasteiger partial charge in [-0.2, -0.15) is 0 Å². The summed E-state index contributed by atoms with van der Waals surface area (Å²) in [5.74, 6) is -2.27. The Morgan fingerprint density at radius 3 is 2.32 bits per heavy atom. The highest BCUT2D eigenvalue weighted by Crippen LogP contribution is 2.39. The maximum atomic E-state index is 14.0. The Bertz CT molecular complexity index is 1660. The summed E-state index contributed by atoms with van der Waals surface area (Å²) >= 11 is 0. The highest BCUT2D eigenvalue weighted by molar-refractivity contribution is 5.99. The van der Waals surface area contributed by atoms with E-state index in [-0.39, 0.29) is 24.6 Å². The molecule has 2 aliphatic rings. The van der Waals surface area contributed by atoms with E-state index in [1.807, 2.05) is 69.3 Å². The zero-order valence-corrected chi connectivity index (χ0v) is 29.6. The van der Waals surface area contributed by atoms with Gasteiger partial charge in [-0.05, 0) is 69.6 Å². The van der Waals surface area contributed by atoms with Crippen molar-refractivity contribution in [3.63, 3.8) is 0 Å². The topological polar surface area (TPSA) is 167 Å². The number of piperidine rings is 1. The van der Waals surface area contributed by atoms with Crippen LogP contribution in [0.15, 0.2) is 66.7 Å². The number of nitrogens with one attached hydrogen (secondary N) is 3. The molecule has 11 heteroatoms. The van der Waals surface area contributed by atoms with Crippen LogP contribution in [0, 0.1) is 17.8 Å². The molecule has 0 spiro atoms. The zero-order chi connectivity index (χ0) is 36.0. The number of hydrogen-bond acceptors (Lipinski definition) is 7. The number of nitrogens with zero attached hydrogens (tertiary/aromatic N) is 2. The number of aliphatic hydroxyl groups is 1. The number of para-hydroxylation sites is 1. The molecule has 6 N–H and O–H groups in total.